The topological polar surface area (TPSA) is 9.23 Å². The Bertz CT molecular complexity index is 1290. The molecule has 0 bridgehead atoms. The van der Waals surface area contributed by atoms with Crippen molar-refractivity contribution in [1.29, 1.82) is 0 Å². The standard InChI is InChI=1S/C30H27F5O/c1-2-3-4-20-5-9-22(10-6-20)24-14-15-26-25(18-24)13-12-23(29(26)32)11-7-21-8-16-28(27(31)17-21)36-19-30(33,34)35/h2,8,12-18,20,22H,1,3-6,9-10,19H2. The maximum atomic E-state index is 15.2. The lowest BCUT2D eigenvalue weighted by Gasteiger charge is -2.28. The summed E-state index contributed by atoms with van der Waals surface area (Å²) in [5.74, 6) is 4.68. The van der Waals surface area contributed by atoms with Crippen LogP contribution in [0.3, 0.4) is 0 Å². The molecule has 3 aromatic carbocycles. The molecule has 188 valence electrons. The van der Waals surface area contributed by atoms with E-state index in [4.69, 9.17) is 0 Å². The molecule has 1 aliphatic rings. The van der Waals surface area contributed by atoms with E-state index < -0.39 is 30.2 Å². The van der Waals surface area contributed by atoms with Crippen LogP contribution in [0.5, 0.6) is 5.75 Å². The van der Waals surface area contributed by atoms with Gasteiger partial charge in [-0.2, -0.15) is 13.2 Å². The van der Waals surface area contributed by atoms with E-state index in [2.05, 4.69) is 29.2 Å². The first-order valence-corrected chi connectivity index (χ1v) is 12.1. The van der Waals surface area contributed by atoms with E-state index in [1.807, 2.05) is 18.2 Å². The minimum absolute atomic E-state index is 0.163. The summed E-state index contributed by atoms with van der Waals surface area (Å²) in [6.07, 6.45) is 4.35. The Morgan fingerprint density at radius 2 is 1.72 bits per heavy atom. The highest BCUT2D eigenvalue weighted by Crippen LogP contribution is 2.38. The number of benzene rings is 3. The van der Waals surface area contributed by atoms with Crippen LogP contribution >= 0.6 is 0 Å². The van der Waals surface area contributed by atoms with Crippen LogP contribution in [0.2, 0.25) is 0 Å². The van der Waals surface area contributed by atoms with Gasteiger partial charge in [-0.05, 0) is 85.6 Å². The van der Waals surface area contributed by atoms with E-state index in [-0.39, 0.29) is 11.1 Å². The zero-order valence-electron chi connectivity index (χ0n) is 19.8. The second-order valence-corrected chi connectivity index (χ2v) is 9.29. The molecule has 0 radical (unpaired) electrons. The van der Waals surface area contributed by atoms with E-state index in [1.165, 1.54) is 30.9 Å². The summed E-state index contributed by atoms with van der Waals surface area (Å²) in [5.41, 5.74) is 1.59. The van der Waals surface area contributed by atoms with Gasteiger partial charge >= 0.3 is 6.18 Å². The van der Waals surface area contributed by atoms with Crippen LogP contribution in [0.25, 0.3) is 10.8 Å². The van der Waals surface area contributed by atoms with Gasteiger partial charge in [-0.1, -0.05) is 42.2 Å². The largest absolute Gasteiger partial charge is 0.481 e. The third-order valence-corrected chi connectivity index (χ3v) is 6.74. The van der Waals surface area contributed by atoms with Crippen LogP contribution in [0.1, 0.15) is 61.1 Å². The van der Waals surface area contributed by atoms with Crippen LogP contribution in [-0.4, -0.2) is 12.8 Å². The Labute approximate surface area is 208 Å². The van der Waals surface area contributed by atoms with Gasteiger partial charge in [-0.25, -0.2) is 8.78 Å². The predicted octanol–water partition coefficient (Wildman–Crippen LogP) is 8.70. The van der Waals surface area contributed by atoms with Gasteiger partial charge < -0.3 is 4.74 Å². The Hall–Kier alpha value is -3.33. The molecule has 0 atom stereocenters. The monoisotopic (exact) mass is 498 g/mol. The lowest BCUT2D eigenvalue weighted by Crippen LogP contribution is -2.19. The molecular formula is C30H27F5O. The van der Waals surface area contributed by atoms with Crippen LogP contribution in [0.15, 0.2) is 61.2 Å². The van der Waals surface area contributed by atoms with Crippen molar-refractivity contribution in [2.75, 3.05) is 6.61 Å². The van der Waals surface area contributed by atoms with E-state index in [0.717, 1.165) is 42.7 Å². The molecule has 36 heavy (non-hydrogen) atoms. The second-order valence-electron chi connectivity index (χ2n) is 9.29. The summed E-state index contributed by atoms with van der Waals surface area (Å²) in [4.78, 5) is 0. The molecule has 0 aliphatic heterocycles. The fourth-order valence-electron chi connectivity index (χ4n) is 4.79. The summed E-state index contributed by atoms with van der Waals surface area (Å²) >= 11 is 0. The lowest BCUT2D eigenvalue weighted by atomic mass is 9.77. The minimum Gasteiger partial charge on any atom is -0.481 e. The molecule has 0 N–H and O–H groups in total. The average Bonchev–Trinajstić information content (AvgIpc) is 2.86. The summed E-state index contributed by atoms with van der Waals surface area (Å²) in [7, 11) is 0. The van der Waals surface area contributed by atoms with Crippen molar-refractivity contribution in [3.8, 4) is 17.6 Å². The van der Waals surface area contributed by atoms with E-state index in [0.29, 0.717) is 11.3 Å². The highest BCUT2D eigenvalue weighted by molar-refractivity contribution is 5.85. The fourth-order valence-corrected chi connectivity index (χ4v) is 4.79. The third kappa shape index (κ3) is 6.46. The average molecular weight is 499 g/mol. The molecule has 0 unspecified atom stereocenters. The van der Waals surface area contributed by atoms with E-state index >= 15 is 4.39 Å². The van der Waals surface area contributed by atoms with Gasteiger partial charge in [0.15, 0.2) is 18.2 Å². The van der Waals surface area contributed by atoms with Crippen molar-refractivity contribution in [3.63, 3.8) is 0 Å². The van der Waals surface area contributed by atoms with Crippen molar-refractivity contribution in [1.82, 2.24) is 0 Å². The predicted molar refractivity (Wildman–Crippen MR) is 132 cm³/mol. The number of hydrogen-bond acceptors (Lipinski definition) is 1. The van der Waals surface area contributed by atoms with E-state index in [9.17, 15) is 17.6 Å². The molecule has 0 aromatic heterocycles. The first-order chi connectivity index (χ1) is 17.2. The van der Waals surface area contributed by atoms with Crippen molar-refractivity contribution in [2.24, 2.45) is 5.92 Å². The molecule has 0 saturated heterocycles. The van der Waals surface area contributed by atoms with Gasteiger partial charge in [-0.15, -0.1) is 6.58 Å². The smallest absolute Gasteiger partial charge is 0.422 e. The first kappa shape index (κ1) is 25.8. The SMILES string of the molecule is C=CCCC1CCC(c2ccc3c(F)c(C#Cc4ccc(OCC(F)(F)F)c(F)c4)ccc3c2)CC1. The fraction of sp³-hybridized carbons (Fsp3) is 0.333. The molecule has 6 heteroatoms. The summed E-state index contributed by atoms with van der Waals surface area (Å²) in [6, 6.07) is 12.6. The van der Waals surface area contributed by atoms with Crippen molar-refractivity contribution in [3.05, 3.63) is 89.5 Å². The van der Waals surface area contributed by atoms with Gasteiger partial charge in [0.05, 0.1) is 5.56 Å². The number of alkyl halides is 3. The molecule has 1 fully saturated rings. The normalized spacial score (nSPS) is 17.9. The Morgan fingerprint density at radius 1 is 0.944 bits per heavy atom. The van der Waals surface area contributed by atoms with Crippen LogP contribution in [-0.2, 0) is 0 Å². The highest BCUT2D eigenvalue weighted by Gasteiger charge is 2.29. The van der Waals surface area contributed by atoms with Gasteiger partial charge in [0.2, 0.25) is 0 Å². The molecule has 0 spiro atoms. The third-order valence-electron chi connectivity index (χ3n) is 6.74. The van der Waals surface area contributed by atoms with Gasteiger partial charge in [0, 0.05) is 10.9 Å². The number of hydrogen-bond donors (Lipinski definition) is 0. The van der Waals surface area contributed by atoms with E-state index in [1.54, 1.807) is 12.1 Å². The Balaban J connectivity index is 1.47. The van der Waals surface area contributed by atoms with Crippen molar-refractivity contribution < 1.29 is 26.7 Å². The quantitative estimate of drug-likeness (QED) is 0.188. The van der Waals surface area contributed by atoms with Crippen molar-refractivity contribution in [2.45, 2.75) is 50.6 Å². The Kier molecular flexibility index (Phi) is 7.98. The molecule has 0 heterocycles. The summed E-state index contributed by atoms with van der Waals surface area (Å²) < 4.78 is 70.5. The molecule has 0 amide bonds. The van der Waals surface area contributed by atoms with Crippen LogP contribution in [0.4, 0.5) is 22.0 Å². The van der Waals surface area contributed by atoms with Crippen LogP contribution < -0.4 is 4.74 Å². The molecular weight excluding hydrogens is 471 g/mol. The summed E-state index contributed by atoms with van der Waals surface area (Å²) in [6.45, 7) is 2.22. The highest BCUT2D eigenvalue weighted by atomic mass is 19.4. The molecule has 4 rings (SSSR count). The Morgan fingerprint density at radius 3 is 2.42 bits per heavy atom. The first-order valence-electron chi connectivity index (χ1n) is 12.1. The number of ether oxygens (including phenoxy) is 1. The molecule has 1 aliphatic carbocycles. The number of halogens is 5. The zero-order valence-corrected chi connectivity index (χ0v) is 19.8. The molecule has 1 nitrogen and oxygen atoms in total. The van der Waals surface area contributed by atoms with Crippen molar-refractivity contribution >= 4 is 10.8 Å². The number of allylic oxidation sites excluding steroid dienone is 1. The lowest BCUT2D eigenvalue weighted by molar-refractivity contribution is -0.153. The van der Waals surface area contributed by atoms with Gasteiger partial charge in [0.25, 0.3) is 0 Å². The number of rotatable bonds is 6. The molecule has 1 saturated carbocycles. The zero-order chi connectivity index (χ0) is 25.7. The van der Waals surface area contributed by atoms with Gasteiger partial charge in [-0.3, -0.25) is 0 Å². The number of fused-ring (bicyclic) bond motifs is 1. The van der Waals surface area contributed by atoms with Crippen LogP contribution in [0, 0.1) is 29.4 Å². The maximum Gasteiger partial charge on any atom is 0.422 e. The summed E-state index contributed by atoms with van der Waals surface area (Å²) in [5, 5.41) is 1.27. The maximum absolute atomic E-state index is 15.2. The van der Waals surface area contributed by atoms with Gasteiger partial charge in [0.1, 0.15) is 5.82 Å². The minimum atomic E-state index is -4.57. The second kappa shape index (κ2) is 11.2. The molecule has 3 aromatic rings.